The van der Waals surface area contributed by atoms with Crippen molar-refractivity contribution < 1.29 is 9.21 Å². The number of carbonyl (C=O) groups is 1. The summed E-state index contributed by atoms with van der Waals surface area (Å²) in [6.07, 6.45) is 2.96. The van der Waals surface area contributed by atoms with Gasteiger partial charge in [0.1, 0.15) is 5.76 Å². The van der Waals surface area contributed by atoms with E-state index in [9.17, 15) is 4.79 Å². The van der Waals surface area contributed by atoms with Gasteiger partial charge in [0.2, 0.25) is 0 Å². The van der Waals surface area contributed by atoms with Gasteiger partial charge < -0.3 is 9.73 Å². The number of carbonyl (C=O) groups excluding carboxylic acids is 1. The SMILES string of the molecule is O=C(Cc1ccco1)c1ccc2c(c1)NCC2. The number of anilines is 1. The fourth-order valence-corrected chi connectivity index (χ4v) is 2.14. The van der Waals surface area contributed by atoms with Crippen LogP contribution in [-0.4, -0.2) is 12.3 Å². The second-order valence-electron chi connectivity index (χ2n) is 4.23. The van der Waals surface area contributed by atoms with Gasteiger partial charge in [0.15, 0.2) is 5.78 Å². The zero-order chi connectivity index (χ0) is 11.7. The third-order valence-corrected chi connectivity index (χ3v) is 3.06. The van der Waals surface area contributed by atoms with Crippen molar-refractivity contribution in [3.8, 4) is 0 Å². The molecular formula is C14H13NO2. The summed E-state index contributed by atoms with van der Waals surface area (Å²) in [5, 5.41) is 3.28. The van der Waals surface area contributed by atoms with Gasteiger partial charge in [-0.05, 0) is 30.2 Å². The third-order valence-electron chi connectivity index (χ3n) is 3.06. The molecule has 1 aliphatic rings. The van der Waals surface area contributed by atoms with Crippen LogP contribution in [0, 0.1) is 0 Å². The Morgan fingerprint density at radius 2 is 2.29 bits per heavy atom. The molecule has 86 valence electrons. The van der Waals surface area contributed by atoms with Crippen LogP contribution < -0.4 is 5.32 Å². The van der Waals surface area contributed by atoms with E-state index in [1.165, 1.54) is 5.56 Å². The van der Waals surface area contributed by atoms with Crippen molar-refractivity contribution >= 4 is 11.5 Å². The normalized spacial score (nSPS) is 13.2. The van der Waals surface area contributed by atoms with E-state index in [2.05, 4.69) is 5.32 Å². The van der Waals surface area contributed by atoms with E-state index >= 15 is 0 Å². The van der Waals surface area contributed by atoms with Gasteiger partial charge in [-0.3, -0.25) is 4.79 Å². The van der Waals surface area contributed by atoms with Crippen LogP contribution in [0.15, 0.2) is 41.0 Å². The molecule has 0 atom stereocenters. The Labute approximate surface area is 99.4 Å². The van der Waals surface area contributed by atoms with E-state index in [-0.39, 0.29) is 5.78 Å². The van der Waals surface area contributed by atoms with E-state index in [1.54, 1.807) is 12.3 Å². The van der Waals surface area contributed by atoms with Crippen molar-refractivity contribution in [1.82, 2.24) is 0 Å². The molecule has 0 fully saturated rings. The highest BCUT2D eigenvalue weighted by Crippen LogP contribution is 2.23. The summed E-state index contributed by atoms with van der Waals surface area (Å²) in [7, 11) is 0. The molecule has 2 heterocycles. The summed E-state index contributed by atoms with van der Waals surface area (Å²) in [5.74, 6) is 0.805. The van der Waals surface area contributed by atoms with Gasteiger partial charge in [-0.2, -0.15) is 0 Å². The molecule has 2 aromatic rings. The first-order chi connectivity index (χ1) is 8.33. The third kappa shape index (κ3) is 1.96. The predicted octanol–water partition coefficient (Wildman–Crippen LogP) is 2.67. The highest BCUT2D eigenvalue weighted by Gasteiger charge is 2.14. The Hall–Kier alpha value is -2.03. The van der Waals surface area contributed by atoms with Crippen molar-refractivity contribution in [2.75, 3.05) is 11.9 Å². The lowest BCUT2D eigenvalue weighted by atomic mass is 10.0. The Morgan fingerprint density at radius 1 is 1.35 bits per heavy atom. The second kappa shape index (κ2) is 4.09. The van der Waals surface area contributed by atoms with Crippen molar-refractivity contribution in [2.24, 2.45) is 0 Å². The highest BCUT2D eigenvalue weighted by molar-refractivity contribution is 5.98. The molecule has 1 aromatic carbocycles. The molecule has 0 saturated heterocycles. The highest BCUT2D eigenvalue weighted by atomic mass is 16.3. The Kier molecular flexibility index (Phi) is 2.44. The quantitative estimate of drug-likeness (QED) is 0.820. The zero-order valence-electron chi connectivity index (χ0n) is 9.40. The van der Waals surface area contributed by atoms with Gasteiger partial charge >= 0.3 is 0 Å². The van der Waals surface area contributed by atoms with Crippen LogP contribution in [-0.2, 0) is 12.8 Å². The van der Waals surface area contributed by atoms with Crippen molar-refractivity contribution in [2.45, 2.75) is 12.8 Å². The minimum absolute atomic E-state index is 0.0939. The number of hydrogen-bond acceptors (Lipinski definition) is 3. The van der Waals surface area contributed by atoms with E-state index in [4.69, 9.17) is 4.42 Å². The molecule has 0 saturated carbocycles. The lowest BCUT2D eigenvalue weighted by Crippen LogP contribution is -2.03. The first-order valence-electron chi connectivity index (χ1n) is 5.75. The van der Waals surface area contributed by atoms with Crippen LogP contribution in [0.4, 0.5) is 5.69 Å². The molecule has 3 heteroatoms. The summed E-state index contributed by atoms with van der Waals surface area (Å²) in [6, 6.07) is 9.49. The topological polar surface area (TPSA) is 42.2 Å². The minimum atomic E-state index is 0.0939. The lowest BCUT2D eigenvalue weighted by molar-refractivity contribution is 0.0987. The van der Waals surface area contributed by atoms with E-state index in [0.29, 0.717) is 12.2 Å². The molecule has 0 amide bonds. The van der Waals surface area contributed by atoms with Gasteiger partial charge in [-0.25, -0.2) is 0 Å². The predicted molar refractivity (Wildman–Crippen MR) is 65.4 cm³/mol. The molecule has 1 N–H and O–H groups in total. The molecule has 0 bridgehead atoms. The summed E-state index contributed by atoms with van der Waals surface area (Å²) >= 11 is 0. The summed E-state index contributed by atoms with van der Waals surface area (Å²) in [6.45, 7) is 0.963. The molecule has 1 aromatic heterocycles. The van der Waals surface area contributed by atoms with E-state index in [1.807, 2.05) is 24.3 Å². The summed E-state index contributed by atoms with van der Waals surface area (Å²) in [5.41, 5.74) is 3.13. The van der Waals surface area contributed by atoms with Gasteiger partial charge in [-0.1, -0.05) is 12.1 Å². The van der Waals surface area contributed by atoms with E-state index < -0.39 is 0 Å². The smallest absolute Gasteiger partial charge is 0.170 e. The second-order valence-corrected chi connectivity index (χ2v) is 4.23. The van der Waals surface area contributed by atoms with Crippen molar-refractivity contribution in [1.29, 1.82) is 0 Å². The fraction of sp³-hybridized carbons (Fsp3) is 0.214. The average Bonchev–Trinajstić information content (AvgIpc) is 2.97. The van der Waals surface area contributed by atoms with Crippen LogP contribution in [0.1, 0.15) is 21.7 Å². The Balaban J connectivity index is 1.82. The Bertz CT molecular complexity index is 543. The molecule has 0 spiro atoms. The molecule has 3 nitrogen and oxygen atoms in total. The van der Waals surface area contributed by atoms with Crippen molar-refractivity contribution in [3.05, 3.63) is 53.5 Å². The van der Waals surface area contributed by atoms with Crippen LogP contribution >= 0.6 is 0 Å². The number of benzene rings is 1. The van der Waals surface area contributed by atoms with Gasteiger partial charge in [0.25, 0.3) is 0 Å². The first-order valence-corrected chi connectivity index (χ1v) is 5.75. The van der Waals surface area contributed by atoms with E-state index in [0.717, 1.165) is 24.2 Å². The number of furan rings is 1. The summed E-state index contributed by atoms with van der Waals surface area (Å²) < 4.78 is 5.18. The van der Waals surface area contributed by atoms with Crippen LogP contribution in [0.5, 0.6) is 0 Å². The maximum atomic E-state index is 12.0. The zero-order valence-corrected chi connectivity index (χ0v) is 9.40. The van der Waals surface area contributed by atoms with Gasteiger partial charge in [0, 0.05) is 17.8 Å². The molecule has 0 aliphatic carbocycles. The van der Waals surface area contributed by atoms with Crippen molar-refractivity contribution in [3.63, 3.8) is 0 Å². The first kappa shape index (κ1) is 10.1. The molecule has 0 radical (unpaired) electrons. The maximum absolute atomic E-state index is 12.0. The number of hydrogen-bond donors (Lipinski definition) is 1. The number of fused-ring (bicyclic) bond motifs is 1. The number of rotatable bonds is 3. The Morgan fingerprint density at radius 3 is 3.12 bits per heavy atom. The lowest BCUT2D eigenvalue weighted by Gasteiger charge is -2.03. The van der Waals surface area contributed by atoms with Crippen LogP contribution in [0.3, 0.4) is 0 Å². The van der Waals surface area contributed by atoms with Gasteiger partial charge in [0.05, 0.1) is 12.7 Å². The fourth-order valence-electron chi connectivity index (χ4n) is 2.14. The number of ketones is 1. The molecule has 17 heavy (non-hydrogen) atoms. The maximum Gasteiger partial charge on any atom is 0.170 e. The summed E-state index contributed by atoms with van der Waals surface area (Å²) in [4.78, 5) is 12.0. The average molecular weight is 227 g/mol. The standard InChI is InChI=1S/C14H13NO2/c16-14(9-12-2-1-7-17-12)11-4-3-10-5-6-15-13(10)8-11/h1-4,7-8,15H,5-6,9H2. The number of Topliss-reactive ketones (excluding diaryl/α,β-unsaturated/α-hetero) is 1. The van der Waals surface area contributed by atoms with Crippen LogP contribution in [0.2, 0.25) is 0 Å². The molecular weight excluding hydrogens is 214 g/mol. The monoisotopic (exact) mass is 227 g/mol. The van der Waals surface area contributed by atoms with Crippen LogP contribution in [0.25, 0.3) is 0 Å². The minimum Gasteiger partial charge on any atom is -0.469 e. The number of nitrogens with one attached hydrogen (secondary N) is 1. The molecule has 1 aliphatic heterocycles. The van der Waals surface area contributed by atoms with Gasteiger partial charge in [-0.15, -0.1) is 0 Å². The molecule has 3 rings (SSSR count). The largest absolute Gasteiger partial charge is 0.469 e. The molecule has 0 unspecified atom stereocenters.